The molecule has 35 heavy (non-hydrogen) atoms. The SMILES string of the molecule is COc1cc(-n2cnc3cc(-c4cnn(CC#N)c4)ccc32)cc(OC)c1C(=O)NC(F)C(F)F. The van der Waals surface area contributed by atoms with Gasteiger partial charge in [-0.25, -0.2) is 18.2 Å². The number of alkyl halides is 3. The normalized spacial score (nSPS) is 11.9. The smallest absolute Gasteiger partial charge is 0.287 e. The second-order valence-corrected chi connectivity index (χ2v) is 7.34. The molecule has 12 heteroatoms. The molecule has 2 aromatic carbocycles. The predicted molar refractivity (Wildman–Crippen MR) is 119 cm³/mol. The number of methoxy groups -OCH3 is 2. The van der Waals surface area contributed by atoms with Crippen LogP contribution < -0.4 is 14.8 Å². The van der Waals surface area contributed by atoms with E-state index in [1.807, 2.05) is 24.3 Å². The van der Waals surface area contributed by atoms with Gasteiger partial charge in [0.1, 0.15) is 29.9 Å². The molecule has 4 rings (SSSR count). The van der Waals surface area contributed by atoms with Crippen molar-refractivity contribution in [2.45, 2.75) is 19.3 Å². The Bertz CT molecular complexity index is 1400. The van der Waals surface area contributed by atoms with Gasteiger partial charge in [-0.2, -0.15) is 10.4 Å². The lowest BCUT2D eigenvalue weighted by Gasteiger charge is -2.17. The largest absolute Gasteiger partial charge is 0.496 e. The first-order chi connectivity index (χ1) is 16.9. The Kier molecular flexibility index (Phi) is 6.59. The number of amides is 1. The van der Waals surface area contributed by atoms with Crippen LogP contribution in [-0.4, -0.2) is 52.2 Å². The minimum Gasteiger partial charge on any atom is -0.496 e. The van der Waals surface area contributed by atoms with E-state index in [-0.39, 0.29) is 23.6 Å². The molecule has 0 saturated heterocycles. The zero-order chi connectivity index (χ0) is 25.1. The fourth-order valence-electron chi connectivity index (χ4n) is 3.59. The average Bonchev–Trinajstić information content (AvgIpc) is 3.50. The molecule has 0 bridgehead atoms. The van der Waals surface area contributed by atoms with E-state index in [0.717, 1.165) is 16.6 Å². The number of aromatic nitrogens is 4. The topological polar surface area (TPSA) is 107 Å². The van der Waals surface area contributed by atoms with Gasteiger partial charge in [-0.3, -0.25) is 14.0 Å². The zero-order valence-electron chi connectivity index (χ0n) is 18.6. The van der Waals surface area contributed by atoms with Gasteiger partial charge in [0.05, 0.1) is 43.2 Å². The molecule has 1 N–H and O–H groups in total. The molecule has 0 spiro atoms. The Balaban J connectivity index is 1.72. The van der Waals surface area contributed by atoms with Gasteiger partial charge in [0.15, 0.2) is 0 Å². The van der Waals surface area contributed by atoms with Crippen LogP contribution in [0.3, 0.4) is 0 Å². The van der Waals surface area contributed by atoms with Gasteiger partial charge in [-0.1, -0.05) is 6.07 Å². The summed E-state index contributed by atoms with van der Waals surface area (Å²) >= 11 is 0. The van der Waals surface area contributed by atoms with E-state index in [9.17, 15) is 18.0 Å². The van der Waals surface area contributed by atoms with Crippen molar-refractivity contribution in [2.24, 2.45) is 0 Å². The third-order valence-electron chi connectivity index (χ3n) is 5.23. The number of rotatable bonds is 8. The highest BCUT2D eigenvalue weighted by atomic mass is 19.3. The van der Waals surface area contributed by atoms with Crippen LogP contribution >= 0.6 is 0 Å². The maximum atomic E-state index is 13.4. The fraction of sp³-hybridized carbons (Fsp3) is 0.217. The van der Waals surface area contributed by atoms with Crippen LogP contribution in [0.25, 0.3) is 27.8 Å². The Labute approximate surface area is 197 Å². The van der Waals surface area contributed by atoms with Crippen molar-refractivity contribution < 1.29 is 27.4 Å². The van der Waals surface area contributed by atoms with Crippen LogP contribution in [0.1, 0.15) is 10.4 Å². The fourth-order valence-corrected chi connectivity index (χ4v) is 3.59. The summed E-state index contributed by atoms with van der Waals surface area (Å²) in [5.74, 6) is -1.10. The highest BCUT2D eigenvalue weighted by Crippen LogP contribution is 2.34. The van der Waals surface area contributed by atoms with E-state index in [0.29, 0.717) is 11.2 Å². The summed E-state index contributed by atoms with van der Waals surface area (Å²) in [7, 11) is 2.58. The first kappa shape index (κ1) is 23.6. The average molecular weight is 484 g/mol. The highest BCUT2D eigenvalue weighted by molar-refractivity contribution is 6.00. The van der Waals surface area contributed by atoms with E-state index in [4.69, 9.17) is 14.7 Å². The highest BCUT2D eigenvalue weighted by Gasteiger charge is 2.27. The number of carbonyl (C=O) groups is 1. The van der Waals surface area contributed by atoms with E-state index in [1.54, 1.807) is 28.6 Å². The molecular formula is C23H19F3N6O3. The van der Waals surface area contributed by atoms with Crippen molar-refractivity contribution in [1.29, 1.82) is 5.26 Å². The van der Waals surface area contributed by atoms with Gasteiger partial charge in [0, 0.05) is 23.9 Å². The predicted octanol–water partition coefficient (Wildman–Crippen LogP) is 3.72. The van der Waals surface area contributed by atoms with Crippen LogP contribution in [0.4, 0.5) is 13.2 Å². The lowest BCUT2D eigenvalue weighted by Crippen LogP contribution is -2.36. The summed E-state index contributed by atoms with van der Waals surface area (Å²) in [5, 5.41) is 14.6. The number of hydrogen-bond acceptors (Lipinski definition) is 6. The van der Waals surface area contributed by atoms with Crippen LogP contribution in [-0.2, 0) is 6.54 Å². The molecule has 180 valence electrons. The van der Waals surface area contributed by atoms with Gasteiger partial charge in [-0.05, 0) is 17.7 Å². The van der Waals surface area contributed by atoms with Gasteiger partial charge in [0.2, 0.25) is 6.30 Å². The third-order valence-corrected chi connectivity index (χ3v) is 5.23. The second-order valence-electron chi connectivity index (χ2n) is 7.34. The van der Waals surface area contributed by atoms with E-state index in [2.05, 4.69) is 10.1 Å². The third kappa shape index (κ3) is 4.61. The standard InChI is InChI=1S/C23H19F3N6O3/c1-34-18-8-15(9-19(35-2)20(18)23(33)30-22(26)21(24)25)32-12-28-16-7-13(3-4-17(16)32)14-10-29-31(11-14)6-5-27/h3-4,7-12,21-22H,6H2,1-2H3,(H,30,33). The molecule has 0 saturated carbocycles. The first-order valence-electron chi connectivity index (χ1n) is 10.2. The van der Waals surface area contributed by atoms with Crippen LogP contribution in [0, 0.1) is 11.3 Å². The number of halogens is 3. The van der Waals surface area contributed by atoms with Gasteiger partial charge in [0.25, 0.3) is 12.3 Å². The molecule has 0 aliphatic heterocycles. The number of hydrogen-bond donors (Lipinski definition) is 1. The van der Waals surface area contributed by atoms with Crippen molar-refractivity contribution in [3.63, 3.8) is 0 Å². The molecule has 1 amide bonds. The van der Waals surface area contributed by atoms with E-state index >= 15 is 0 Å². The Morgan fingerprint density at radius 2 is 1.86 bits per heavy atom. The number of imidazole rings is 1. The minimum atomic E-state index is -3.38. The van der Waals surface area contributed by atoms with Crippen LogP contribution in [0.5, 0.6) is 11.5 Å². The molecule has 1 atom stereocenters. The lowest BCUT2D eigenvalue weighted by molar-refractivity contribution is 0.0285. The lowest BCUT2D eigenvalue weighted by atomic mass is 10.1. The van der Waals surface area contributed by atoms with Crippen molar-refractivity contribution in [1.82, 2.24) is 24.6 Å². The Hall–Kier alpha value is -4.53. The summed E-state index contributed by atoms with van der Waals surface area (Å²) in [6.45, 7) is 0.142. The zero-order valence-corrected chi connectivity index (χ0v) is 18.6. The van der Waals surface area contributed by atoms with Crippen molar-refractivity contribution in [3.05, 3.63) is 54.6 Å². The first-order valence-corrected chi connectivity index (χ1v) is 10.2. The molecule has 2 aromatic heterocycles. The summed E-state index contributed by atoms with van der Waals surface area (Å²) in [5.41, 5.74) is 3.36. The van der Waals surface area contributed by atoms with Gasteiger partial charge >= 0.3 is 0 Å². The molecule has 0 aliphatic rings. The Morgan fingerprint density at radius 1 is 1.14 bits per heavy atom. The summed E-state index contributed by atoms with van der Waals surface area (Å²) < 4.78 is 52.4. The number of fused-ring (bicyclic) bond motifs is 1. The van der Waals surface area contributed by atoms with Gasteiger partial charge < -0.3 is 14.8 Å². The molecule has 0 fully saturated rings. The monoisotopic (exact) mass is 484 g/mol. The second kappa shape index (κ2) is 9.76. The summed E-state index contributed by atoms with van der Waals surface area (Å²) in [6.07, 6.45) is -1.23. The van der Waals surface area contributed by atoms with Crippen molar-refractivity contribution in [2.75, 3.05) is 14.2 Å². The van der Waals surface area contributed by atoms with Crippen LogP contribution in [0.15, 0.2) is 49.1 Å². The number of nitrogens with one attached hydrogen (secondary N) is 1. The quantitative estimate of drug-likeness (QED) is 0.382. The maximum Gasteiger partial charge on any atom is 0.287 e. The number of carbonyl (C=O) groups excluding carboxylic acids is 1. The number of nitrogens with zero attached hydrogens (tertiary/aromatic N) is 5. The molecule has 1 unspecified atom stereocenters. The number of nitriles is 1. The minimum absolute atomic E-state index is 0.00157. The molecule has 0 aliphatic carbocycles. The number of benzene rings is 2. The van der Waals surface area contributed by atoms with Crippen LogP contribution in [0.2, 0.25) is 0 Å². The summed E-state index contributed by atoms with van der Waals surface area (Å²) in [6, 6.07) is 10.6. The molecule has 4 aromatic rings. The van der Waals surface area contributed by atoms with Crippen molar-refractivity contribution in [3.8, 4) is 34.4 Å². The number of ether oxygens (including phenoxy) is 2. The van der Waals surface area contributed by atoms with Gasteiger partial charge in [-0.15, -0.1) is 0 Å². The molecule has 0 radical (unpaired) electrons. The molecular weight excluding hydrogens is 465 g/mol. The summed E-state index contributed by atoms with van der Waals surface area (Å²) in [4.78, 5) is 16.9. The Morgan fingerprint density at radius 3 is 2.49 bits per heavy atom. The van der Waals surface area contributed by atoms with E-state index in [1.165, 1.54) is 31.0 Å². The molecule has 2 heterocycles. The molecule has 9 nitrogen and oxygen atoms in total. The van der Waals surface area contributed by atoms with Crippen molar-refractivity contribution >= 4 is 16.9 Å². The maximum absolute atomic E-state index is 13.4. The van der Waals surface area contributed by atoms with E-state index < -0.39 is 18.6 Å².